The molecule has 0 aliphatic heterocycles. The molecule has 0 bridgehead atoms. The molecule has 0 radical (unpaired) electrons. The van der Waals surface area contributed by atoms with Crippen LogP contribution >= 0.6 is 0 Å². The van der Waals surface area contributed by atoms with Gasteiger partial charge in [-0.1, -0.05) is 54.6 Å². The van der Waals surface area contributed by atoms with Crippen LogP contribution in [0.1, 0.15) is 5.69 Å². The summed E-state index contributed by atoms with van der Waals surface area (Å²) < 4.78 is 4.60. The third-order valence-corrected chi connectivity index (χ3v) is 4.15. The summed E-state index contributed by atoms with van der Waals surface area (Å²) in [6.45, 7) is 2.18. The second-order valence-electron chi connectivity index (χ2n) is 5.27. The molecule has 0 saturated carbocycles. The van der Waals surface area contributed by atoms with Crippen LogP contribution in [0.3, 0.4) is 0 Å². The first kappa shape index (κ1) is 11.4. The van der Waals surface area contributed by atoms with Gasteiger partial charge in [0.2, 0.25) is 0 Å². The molecule has 0 aliphatic rings. The molecular weight excluding hydrogens is 244 g/mol. The maximum atomic E-state index is 2.31. The fourth-order valence-corrected chi connectivity index (χ4v) is 3.09. The molecule has 0 unspecified atom stereocenters. The Kier molecular flexibility index (Phi) is 2.27. The Balaban J connectivity index is 2.19. The Bertz CT molecular complexity index is 911. The van der Waals surface area contributed by atoms with Crippen LogP contribution in [-0.4, -0.2) is 8.97 Å². The maximum absolute atomic E-state index is 2.31. The largest absolute Gasteiger partial charge is 0.332 e. The summed E-state index contributed by atoms with van der Waals surface area (Å²) >= 11 is 0. The Morgan fingerprint density at radius 1 is 0.850 bits per heavy atom. The smallest absolute Gasteiger partial charge is 0.125 e. The molecule has 0 aliphatic carbocycles. The zero-order valence-electron chi connectivity index (χ0n) is 11.7. The lowest BCUT2D eigenvalue weighted by atomic mass is 10.1. The fourth-order valence-electron chi connectivity index (χ4n) is 3.09. The van der Waals surface area contributed by atoms with Gasteiger partial charge < -0.3 is 4.57 Å². The lowest BCUT2D eigenvalue weighted by Gasteiger charge is -2.02. The summed E-state index contributed by atoms with van der Waals surface area (Å²) in [5.74, 6) is 0. The monoisotopic (exact) mass is 260 g/mol. The number of hydrogen-bond donors (Lipinski definition) is 0. The molecule has 2 aromatic carbocycles. The van der Waals surface area contributed by atoms with Crippen LogP contribution in [-0.2, 0) is 7.05 Å². The van der Waals surface area contributed by atoms with Crippen LogP contribution in [0.2, 0.25) is 0 Å². The van der Waals surface area contributed by atoms with Crippen molar-refractivity contribution >= 4 is 16.4 Å². The van der Waals surface area contributed by atoms with Gasteiger partial charge in [-0.05, 0) is 6.92 Å². The van der Waals surface area contributed by atoms with E-state index < -0.39 is 0 Å². The summed E-state index contributed by atoms with van der Waals surface area (Å²) in [7, 11) is 2.14. The van der Waals surface area contributed by atoms with E-state index in [0.29, 0.717) is 0 Å². The highest BCUT2D eigenvalue weighted by Crippen LogP contribution is 2.32. The highest BCUT2D eigenvalue weighted by Gasteiger charge is 2.16. The molecule has 0 N–H and O–H groups in total. The molecule has 2 aromatic heterocycles. The van der Waals surface area contributed by atoms with E-state index in [1.807, 2.05) is 0 Å². The predicted octanol–water partition coefficient (Wildman–Crippen LogP) is 4.41. The lowest BCUT2D eigenvalue weighted by molar-refractivity contribution is 0.918. The average Bonchev–Trinajstić information content (AvgIpc) is 2.96. The van der Waals surface area contributed by atoms with E-state index in [4.69, 9.17) is 0 Å². The first-order valence-corrected chi connectivity index (χ1v) is 6.88. The lowest BCUT2D eigenvalue weighted by Crippen LogP contribution is -1.91. The standard InChI is InChI=1S/C18H16N2/c1-13-17(14-8-4-3-5-9-14)20-12-15-10-6-7-11-16(15)18(20)19(13)2/h3-12H,1-2H3. The van der Waals surface area contributed by atoms with Gasteiger partial charge in [-0.15, -0.1) is 0 Å². The Labute approximate surface area is 117 Å². The second-order valence-corrected chi connectivity index (χ2v) is 5.27. The molecule has 20 heavy (non-hydrogen) atoms. The van der Waals surface area contributed by atoms with Crippen molar-refractivity contribution in [3.63, 3.8) is 0 Å². The minimum absolute atomic E-state index is 1.26. The van der Waals surface area contributed by atoms with Crippen molar-refractivity contribution in [1.82, 2.24) is 8.97 Å². The van der Waals surface area contributed by atoms with E-state index in [1.54, 1.807) is 0 Å². The fraction of sp³-hybridized carbons (Fsp3) is 0.111. The van der Waals surface area contributed by atoms with Crippen LogP contribution in [0.5, 0.6) is 0 Å². The van der Waals surface area contributed by atoms with E-state index in [-0.39, 0.29) is 0 Å². The SMILES string of the molecule is Cc1c(-c2ccccc2)n2cc3ccccc3c2n1C. The third kappa shape index (κ3) is 1.39. The summed E-state index contributed by atoms with van der Waals surface area (Å²) in [6.07, 6.45) is 2.24. The summed E-state index contributed by atoms with van der Waals surface area (Å²) in [4.78, 5) is 0. The Hall–Kier alpha value is -2.48. The highest BCUT2D eigenvalue weighted by atomic mass is 15.1. The third-order valence-electron chi connectivity index (χ3n) is 4.15. The number of hydrogen-bond acceptors (Lipinski definition) is 0. The molecular formula is C18H16N2. The molecule has 4 rings (SSSR count). The molecule has 0 atom stereocenters. The number of rotatable bonds is 1. The molecule has 0 spiro atoms. The Morgan fingerprint density at radius 3 is 2.35 bits per heavy atom. The van der Waals surface area contributed by atoms with Gasteiger partial charge in [-0.2, -0.15) is 0 Å². The van der Waals surface area contributed by atoms with Crippen molar-refractivity contribution in [3.05, 3.63) is 66.5 Å². The quantitative estimate of drug-likeness (QED) is 0.479. The number of nitrogens with zero attached hydrogens (tertiary/aromatic N) is 2. The first-order chi connectivity index (χ1) is 9.77. The van der Waals surface area contributed by atoms with Crippen molar-refractivity contribution in [2.24, 2.45) is 7.05 Å². The zero-order chi connectivity index (χ0) is 13.7. The summed E-state index contributed by atoms with van der Waals surface area (Å²) in [6, 6.07) is 19.2. The van der Waals surface area contributed by atoms with Crippen molar-refractivity contribution < 1.29 is 0 Å². The normalized spacial score (nSPS) is 11.5. The van der Waals surface area contributed by atoms with Gasteiger partial charge in [-0.25, -0.2) is 0 Å². The van der Waals surface area contributed by atoms with E-state index in [1.165, 1.54) is 33.4 Å². The highest BCUT2D eigenvalue weighted by molar-refractivity contribution is 5.97. The van der Waals surface area contributed by atoms with Gasteiger partial charge in [-0.3, -0.25) is 4.40 Å². The van der Waals surface area contributed by atoms with Gasteiger partial charge in [0.05, 0.1) is 5.69 Å². The van der Waals surface area contributed by atoms with Crippen molar-refractivity contribution in [3.8, 4) is 11.3 Å². The van der Waals surface area contributed by atoms with Gasteiger partial charge >= 0.3 is 0 Å². The van der Waals surface area contributed by atoms with Gasteiger partial charge in [0.1, 0.15) is 5.65 Å². The maximum Gasteiger partial charge on any atom is 0.125 e. The van der Waals surface area contributed by atoms with Gasteiger partial charge in [0.15, 0.2) is 0 Å². The van der Waals surface area contributed by atoms with Crippen LogP contribution in [0.15, 0.2) is 60.8 Å². The topological polar surface area (TPSA) is 9.34 Å². The zero-order valence-corrected chi connectivity index (χ0v) is 11.7. The molecule has 2 heterocycles. The van der Waals surface area contributed by atoms with Crippen LogP contribution in [0.25, 0.3) is 27.7 Å². The minimum atomic E-state index is 1.26. The number of fused-ring (bicyclic) bond motifs is 3. The summed E-state index contributed by atoms with van der Waals surface area (Å²) in [5.41, 5.74) is 5.09. The number of aryl methyl sites for hydroxylation is 1. The van der Waals surface area contributed by atoms with Crippen molar-refractivity contribution in [1.29, 1.82) is 0 Å². The molecule has 0 saturated heterocycles. The van der Waals surface area contributed by atoms with E-state index in [0.717, 1.165) is 0 Å². The van der Waals surface area contributed by atoms with Crippen molar-refractivity contribution in [2.75, 3.05) is 0 Å². The van der Waals surface area contributed by atoms with Crippen LogP contribution in [0.4, 0.5) is 0 Å². The average molecular weight is 260 g/mol. The van der Waals surface area contributed by atoms with Crippen LogP contribution in [0, 0.1) is 6.92 Å². The van der Waals surface area contributed by atoms with Gasteiger partial charge in [0.25, 0.3) is 0 Å². The number of benzene rings is 2. The van der Waals surface area contributed by atoms with E-state index >= 15 is 0 Å². The molecule has 0 amide bonds. The van der Waals surface area contributed by atoms with Crippen molar-refractivity contribution in [2.45, 2.75) is 6.92 Å². The summed E-state index contributed by atoms with van der Waals surface area (Å²) in [5, 5.41) is 2.59. The molecule has 0 fully saturated rings. The minimum Gasteiger partial charge on any atom is -0.332 e. The first-order valence-electron chi connectivity index (χ1n) is 6.88. The van der Waals surface area contributed by atoms with Gasteiger partial charge in [0, 0.05) is 35.3 Å². The molecule has 2 nitrogen and oxygen atoms in total. The molecule has 98 valence electrons. The Morgan fingerprint density at radius 2 is 1.55 bits per heavy atom. The van der Waals surface area contributed by atoms with E-state index in [2.05, 4.69) is 83.7 Å². The molecule has 4 aromatic rings. The number of imidazole rings is 1. The molecule has 2 heteroatoms. The number of aromatic nitrogens is 2. The van der Waals surface area contributed by atoms with E-state index in [9.17, 15) is 0 Å². The van der Waals surface area contributed by atoms with Crippen LogP contribution < -0.4 is 0 Å². The predicted molar refractivity (Wildman–Crippen MR) is 84.0 cm³/mol. The second kappa shape index (κ2) is 4.01.